The SMILES string of the molecule is C=C(C)[C@@H]1CC[C@]2(CC(=O)N3CC[C@H](C)C3)CC[C@]3(C)[C@H](CC[C@@H]4[C@@]5(C)CC[C@H](OC(=O)CC(C)(C)C(=O)O)C(C)(C)[C@@H]5CC[C@]43C)[C@@H]12. The van der Waals surface area contributed by atoms with E-state index in [0.29, 0.717) is 41.4 Å². The molecule has 6 nitrogen and oxygen atoms in total. The van der Waals surface area contributed by atoms with Crippen LogP contribution in [0.5, 0.6) is 0 Å². The normalized spacial score (nSPS) is 44.9. The fourth-order valence-corrected chi connectivity index (χ4v) is 14.0. The Morgan fingerprint density at radius 1 is 0.875 bits per heavy atom. The third-order valence-electron chi connectivity index (χ3n) is 16.9. The Kier molecular flexibility index (Phi) is 8.88. The Morgan fingerprint density at radius 2 is 1.58 bits per heavy atom. The molecule has 270 valence electrons. The maximum absolute atomic E-state index is 13.9. The highest BCUT2D eigenvalue weighted by atomic mass is 16.5. The van der Waals surface area contributed by atoms with Crippen LogP contribution in [-0.2, 0) is 19.1 Å². The first-order chi connectivity index (χ1) is 22.2. The van der Waals surface area contributed by atoms with Gasteiger partial charge in [0, 0.05) is 24.9 Å². The Balaban J connectivity index is 1.25. The molecular formula is C42H67NO5. The molecule has 0 radical (unpaired) electrons. The van der Waals surface area contributed by atoms with Crippen molar-refractivity contribution in [1.82, 2.24) is 4.90 Å². The monoisotopic (exact) mass is 666 g/mol. The van der Waals surface area contributed by atoms with Crippen LogP contribution < -0.4 is 0 Å². The number of carbonyl (C=O) groups is 3. The topological polar surface area (TPSA) is 83.9 Å². The summed E-state index contributed by atoms with van der Waals surface area (Å²) in [6.45, 7) is 26.7. The molecule has 0 aromatic heterocycles. The molecule has 5 aliphatic carbocycles. The van der Waals surface area contributed by atoms with Crippen LogP contribution in [0, 0.1) is 68.0 Å². The zero-order chi connectivity index (χ0) is 35.2. The van der Waals surface area contributed by atoms with E-state index in [0.717, 1.165) is 45.2 Å². The summed E-state index contributed by atoms with van der Waals surface area (Å²) >= 11 is 0. The number of hydrogen-bond donors (Lipinski definition) is 1. The van der Waals surface area contributed by atoms with Crippen molar-refractivity contribution >= 4 is 17.8 Å². The number of rotatable bonds is 7. The van der Waals surface area contributed by atoms with Crippen LogP contribution in [-0.4, -0.2) is 47.0 Å². The van der Waals surface area contributed by atoms with E-state index in [1.807, 2.05) is 0 Å². The summed E-state index contributed by atoms with van der Waals surface area (Å²) in [7, 11) is 0. The summed E-state index contributed by atoms with van der Waals surface area (Å²) in [5, 5.41) is 9.59. The van der Waals surface area contributed by atoms with E-state index in [4.69, 9.17) is 4.74 Å². The standard InChI is InChI=1S/C42H67NO5/c1-26(2)28-13-19-42(23-33(44)43-22-16-27(3)25-43)21-20-40(9)29(35(28)42)11-12-31-39(8)17-15-32(48-34(45)24-37(4,5)36(46)47)38(6,7)30(39)14-18-41(31,40)10/h27-32,35H,1,11-25H2,2-10H3,(H,46,47)/t27-,28-,29+,30-,31+,32-,35+,39-,40+,41+,42+/m0/s1. The zero-order valence-corrected chi connectivity index (χ0v) is 31.9. The van der Waals surface area contributed by atoms with Crippen LogP contribution in [0.4, 0.5) is 0 Å². The highest BCUT2D eigenvalue weighted by molar-refractivity contribution is 5.81. The summed E-state index contributed by atoms with van der Waals surface area (Å²) in [6.07, 6.45) is 13.0. The van der Waals surface area contributed by atoms with Gasteiger partial charge in [-0.3, -0.25) is 14.4 Å². The van der Waals surface area contributed by atoms with E-state index in [1.54, 1.807) is 13.8 Å². The molecule has 0 unspecified atom stereocenters. The molecule has 0 spiro atoms. The van der Waals surface area contributed by atoms with Gasteiger partial charge >= 0.3 is 11.9 Å². The molecule has 0 aromatic rings. The van der Waals surface area contributed by atoms with E-state index in [9.17, 15) is 19.5 Å². The molecule has 6 heteroatoms. The van der Waals surface area contributed by atoms with Gasteiger partial charge in [0.05, 0.1) is 11.8 Å². The molecule has 48 heavy (non-hydrogen) atoms. The van der Waals surface area contributed by atoms with Gasteiger partial charge in [-0.25, -0.2) is 0 Å². The summed E-state index contributed by atoms with van der Waals surface area (Å²) in [5.74, 6) is 2.41. The number of nitrogens with zero attached hydrogens (tertiary/aromatic N) is 1. The zero-order valence-electron chi connectivity index (χ0n) is 31.9. The average Bonchev–Trinajstić information content (AvgIpc) is 3.59. The van der Waals surface area contributed by atoms with Gasteiger partial charge in [0.1, 0.15) is 6.10 Å². The molecule has 6 aliphatic rings. The quantitative estimate of drug-likeness (QED) is 0.216. The largest absolute Gasteiger partial charge is 0.481 e. The lowest BCUT2D eigenvalue weighted by Gasteiger charge is -2.73. The number of carbonyl (C=O) groups excluding carboxylic acids is 2. The lowest BCUT2D eigenvalue weighted by molar-refractivity contribution is -0.250. The first-order valence-corrected chi connectivity index (χ1v) is 19.6. The third kappa shape index (κ3) is 5.33. The van der Waals surface area contributed by atoms with E-state index >= 15 is 0 Å². The van der Waals surface area contributed by atoms with E-state index in [1.165, 1.54) is 50.5 Å². The molecule has 6 fully saturated rings. The molecule has 5 saturated carbocycles. The van der Waals surface area contributed by atoms with Crippen molar-refractivity contribution in [1.29, 1.82) is 0 Å². The van der Waals surface area contributed by atoms with Crippen molar-refractivity contribution in [2.75, 3.05) is 13.1 Å². The van der Waals surface area contributed by atoms with Crippen molar-refractivity contribution in [3.05, 3.63) is 12.2 Å². The van der Waals surface area contributed by atoms with Crippen molar-refractivity contribution < 1.29 is 24.2 Å². The third-order valence-corrected chi connectivity index (χ3v) is 16.9. The molecule has 1 aliphatic heterocycles. The average molecular weight is 666 g/mol. The Hall–Kier alpha value is -1.85. The summed E-state index contributed by atoms with van der Waals surface area (Å²) in [6, 6.07) is 0. The van der Waals surface area contributed by atoms with Crippen LogP contribution in [0.15, 0.2) is 12.2 Å². The lowest BCUT2D eigenvalue weighted by Crippen LogP contribution is -2.67. The first-order valence-electron chi connectivity index (χ1n) is 19.6. The van der Waals surface area contributed by atoms with E-state index in [-0.39, 0.29) is 45.6 Å². The van der Waals surface area contributed by atoms with Crippen LogP contribution >= 0.6 is 0 Å². The minimum absolute atomic E-state index is 0.103. The van der Waals surface area contributed by atoms with Crippen LogP contribution in [0.3, 0.4) is 0 Å². The molecule has 11 atom stereocenters. The van der Waals surface area contributed by atoms with Crippen LogP contribution in [0.1, 0.15) is 146 Å². The number of ether oxygens (including phenoxy) is 1. The molecular weight excluding hydrogens is 598 g/mol. The van der Waals surface area contributed by atoms with E-state index in [2.05, 4.69) is 59.9 Å². The van der Waals surface area contributed by atoms with Gasteiger partial charge in [-0.1, -0.05) is 53.7 Å². The number of fused-ring (bicyclic) bond motifs is 7. The molecule has 0 aromatic carbocycles. The van der Waals surface area contributed by atoms with Gasteiger partial charge < -0.3 is 14.7 Å². The fourth-order valence-electron chi connectivity index (χ4n) is 14.0. The lowest BCUT2D eigenvalue weighted by atomic mass is 9.32. The highest BCUT2D eigenvalue weighted by Crippen LogP contribution is 2.78. The maximum Gasteiger partial charge on any atom is 0.309 e. The molecule has 1 saturated heterocycles. The molecule has 1 amide bonds. The maximum atomic E-state index is 13.9. The Bertz CT molecular complexity index is 1330. The Labute approximate surface area is 291 Å². The number of hydrogen-bond acceptors (Lipinski definition) is 4. The van der Waals surface area contributed by atoms with Crippen LogP contribution in [0.2, 0.25) is 0 Å². The number of amides is 1. The van der Waals surface area contributed by atoms with Gasteiger partial charge in [-0.05, 0) is 149 Å². The highest BCUT2D eigenvalue weighted by Gasteiger charge is 2.71. The first kappa shape index (κ1) is 36.0. The van der Waals surface area contributed by atoms with E-state index < -0.39 is 11.4 Å². The number of aliphatic carboxylic acids is 1. The minimum atomic E-state index is -1.13. The second-order valence-electron chi connectivity index (χ2n) is 20.2. The number of carboxylic acid groups (broad SMARTS) is 1. The molecule has 1 N–H and O–H groups in total. The van der Waals surface area contributed by atoms with Crippen molar-refractivity contribution in [3.8, 4) is 0 Å². The number of esters is 1. The summed E-state index contributed by atoms with van der Waals surface area (Å²) < 4.78 is 6.18. The minimum Gasteiger partial charge on any atom is -0.481 e. The summed E-state index contributed by atoms with van der Waals surface area (Å²) in [4.78, 5) is 40.9. The van der Waals surface area contributed by atoms with Gasteiger partial charge in [-0.2, -0.15) is 0 Å². The van der Waals surface area contributed by atoms with Crippen molar-refractivity contribution in [3.63, 3.8) is 0 Å². The fraction of sp³-hybridized carbons (Fsp3) is 0.881. The van der Waals surface area contributed by atoms with Crippen molar-refractivity contribution in [2.45, 2.75) is 152 Å². The molecule has 6 rings (SSSR count). The van der Waals surface area contributed by atoms with Gasteiger partial charge in [0.25, 0.3) is 0 Å². The van der Waals surface area contributed by atoms with Gasteiger partial charge in [-0.15, -0.1) is 0 Å². The number of allylic oxidation sites excluding steroid dienone is 1. The Morgan fingerprint density at radius 3 is 2.21 bits per heavy atom. The smallest absolute Gasteiger partial charge is 0.309 e. The molecule has 0 bridgehead atoms. The van der Waals surface area contributed by atoms with Crippen LogP contribution in [0.25, 0.3) is 0 Å². The molecule has 1 heterocycles. The number of likely N-dealkylation sites (tertiary alicyclic amines) is 1. The summed E-state index contributed by atoms with van der Waals surface area (Å²) in [5.41, 5.74) is 0.726. The predicted molar refractivity (Wildman–Crippen MR) is 190 cm³/mol. The van der Waals surface area contributed by atoms with Gasteiger partial charge in [0.2, 0.25) is 5.91 Å². The van der Waals surface area contributed by atoms with Crippen molar-refractivity contribution in [2.24, 2.45) is 68.0 Å². The predicted octanol–water partition coefficient (Wildman–Crippen LogP) is 9.32. The second kappa shape index (κ2) is 11.9. The van der Waals surface area contributed by atoms with Gasteiger partial charge in [0.15, 0.2) is 0 Å². The number of carboxylic acids is 1. The second-order valence-corrected chi connectivity index (χ2v) is 20.2.